The van der Waals surface area contributed by atoms with Crippen LogP contribution in [0.2, 0.25) is 5.15 Å². The van der Waals surface area contributed by atoms with Crippen molar-refractivity contribution in [3.05, 3.63) is 16.5 Å². The van der Waals surface area contributed by atoms with Crippen molar-refractivity contribution in [1.82, 2.24) is 9.97 Å². The first kappa shape index (κ1) is 13.2. The van der Waals surface area contributed by atoms with Gasteiger partial charge in [0.1, 0.15) is 16.8 Å². The second-order valence-corrected chi connectivity index (χ2v) is 4.71. The molecule has 90 valence electrons. The third kappa shape index (κ3) is 3.32. The Morgan fingerprint density at radius 3 is 2.50 bits per heavy atom. The quantitative estimate of drug-likeness (QED) is 0.826. The van der Waals surface area contributed by atoms with E-state index in [-0.39, 0.29) is 5.60 Å². The first-order valence-corrected chi connectivity index (χ1v) is 5.53. The Balaban J connectivity index is 2.82. The molecule has 16 heavy (non-hydrogen) atoms. The van der Waals surface area contributed by atoms with Gasteiger partial charge in [0.15, 0.2) is 0 Å². The van der Waals surface area contributed by atoms with Crippen LogP contribution in [0, 0.1) is 13.8 Å². The summed E-state index contributed by atoms with van der Waals surface area (Å²) >= 11 is 5.98. The van der Waals surface area contributed by atoms with Crippen molar-refractivity contribution in [1.29, 1.82) is 0 Å². The molecule has 0 amide bonds. The lowest BCUT2D eigenvalue weighted by molar-refractivity contribution is 0.0343. The highest BCUT2D eigenvalue weighted by molar-refractivity contribution is 6.30. The van der Waals surface area contributed by atoms with Crippen LogP contribution in [0.15, 0.2) is 0 Å². The lowest BCUT2D eigenvalue weighted by Crippen LogP contribution is -2.32. The molecule has 0 bridgehead atoms. The minimum atomic E-state index is -0.238. The number of hydrogen-bond donors (Lipinski definition) is 1. The fraction of sp³-hybridized carbons (Fsp3) is 0.636. The van der Waals surface area contributed by atoms with E-state index < -0.39 is 0 Å². The zero-order valence-corrected chi connectivity index (χ0v) is 11.1. The van der Waals surface area contributed by atoms with Gasteiger partial charge in [-0.15, -0.1) is 0 Å². The topological polar surface area (TPSA) is 47.0 Å². The molecule has 0 aliphatic carbocycles. The number of aromatic nitrogens is 2. The molecule has 0 unspecified atom stereocenters. The van der Waals surface area contributed by atoms with E-state index in [2.05, 4.69) is 15.3 Å². The average Bonchev–Trinajstić information content (AvgIpc) is 2.21. The number of nitrogens with one attached hydrogen (secondary N) is 1. The number of hydrogen-bond acceptors (Lipinski definition) is 4. The van der Waals surface area contributed by atoms with Crippen LogP contribution in [-0.4, -0.2) is 29.2 Å². The summed E-state index contributed by atoms with van der Waals surface area (Å²) in [5.41, 5.74) is 0.622. The van der Waals surface area contributed by atoms with E-state index in [4.69, 9.17) is 16.3 Å². The molecule has 0 aliphatic rings. The van der Waals surface area contributed by atoms with Gasteiger partial charge in [0, 0.05) is 19.2 Å². The van der Waals surface area contributed by atoms with Gasteiger partial charge in [-0.2, -0.15) is 0 Å². The Bertz CT molecular complexity index is 380. The molecular formula is C11H18ClN3O. The molecule has 1 N–H and O–H groups in total. The molecule has 5 heteroatoms. The van der Waals surface area contributed by atoms with Crippen LogP contribution in [0.5, 0.6) is 0 Å². The van der Waals surface area contributed by atoms with Crippen LogP contribution >= 0.6 is 11.6 Å². The summed E-state index contributed by atoms with van der Waals surface area (Å²) in [7, 11) is 1.69. The van der Waals surface area contributed by atoms with Gasteiger partial charge < -0.3 is 10.1 Å². The number of anilines is 1. The minimum Gasteiger partial charge on any atom is -0.377 e. The van der Waals surface area contributed by atoms with Gasteiger partial charge in [-0.05, 0) is 27.7 Å². The van der Waals surface area contributed by atoms with E-state index in [1.165, 1.54) is 0 Å². The van der Waals surface area contributed by atoms with Crippen molar-refractivity contribution in [2.24, 2.45) is 0 Å². The highest BCUT2D eigenvalue weighted by Crippen LogP contribution is 2.20. The van der Waals surface area contributed by atoms with E-state index in [0.717, 1.165) is 11.4 Å². The second-order valence-electron chi connectivity index (χ2n) is 4.35. The number of rotatable bonds is 4. The van der Waals surface area contributed by atoms with Gasteiger partial charge >= 0.3 is 0 Å². The van der Waals surface area contributed by atoms with Crippen molar-refractivity contribution in [3.8, 4) is 0 Å². The van der Waals surface area contributed by atoms with Crippen molar-refractivity contribution in [2.75, 3.05) is 19.0 Å². The molecule has 1 aromatic heterocycles. The lowest BCUT2D eigenvalue weighted by atomic mass is 10.1. The number of ether oxygens (including phenoxy) is 1. The van der Waals surface area contributed by atoms with E-state index >= 15 is 0 Å². The molecule has 0 radical (unpaired) electrons. The Morgan fingerprint density at radius 1 is 1.31 bits per heavy atom. The molecule has 1 aromatic rings. The maximum atomic E-state index is 5.98. The molecule has 0 saturated heterocycles. The Labute approximate surface area is 101 Å². The molecule has 0 aliphatic heterocycles. The zero-order valence-electron chi connectivity index (χ0n) is 10.4. The number of aryl methyl sites for hydroxylation is 1. The number of halogens is 1. The molecule has 0 saturated carbocycles. The van der Waals surface area contributed by atoms with E-state index in [9.17, 15) is 0 Å². The Kier molecular flexibility index (Phi) is 4.10. The fourth-order valence-corrected chi connectivity index (χ4v) is 1.35. The van der Waals surface area contributed by atoms with Gasteiger partial charge in [-0.1, -0.05) is 11.6 Å². The van der Waals surface area contributed by atoms with Crippen LogP contribution in [-0.2, 0) is 4.74 Å². The van der Waals surface area contributed by atoms with Crippen LogP contribution < -0.4 is 5.32 Å². The van der Waals surface area contributed by atoms with E-state index in [1.54, 1.807) is 7.11 Å². The zero-order chi connectivity index (χ0) is 12.3. The minimum absolute atomic E-state index is 0.238. The molecular weight excluding hydrogens is 226 g/mol. The predicted octanol–water partition coefficient (Wildman–Crippen LogP) is 2.58. The van der Waals surface area contributed by atoms with Gasteiger partial charge in [-0.3, -0.25) is 0 Å². The highest BCUT2D eigenvalue weighted by Gasteiger charge is 2.17. The van der Waals surface area contributed by atoms with Gasteiger partial charge in [0.05, 0.1) is 5.60 Å². The number of methoxy groups -OCH3 is 1. The van der Waals surface area contributed by atoms with Crippen LogP contribution in [0.4, 0.5) is 5.82 Å². The standard InChI is InChI=1S/C11H18ClN3O/c1-7-9(12)14-8(2)15-10(7)13-6-11(3,4)16-5/h6H2,1-5H3,(H,13,14,15). The third-order valence-corrected chi connectivity index (χ3v) is 2.80. The molecule has 1 heterocycles. The fourth-order valence-electron chi connectivity index (χ4n) is 1.14. The summed E-state index contributed by atoms with van der Waals surface area (Å²) in [6.45, 7) is 8.38. The Hall–Kier alpha value is -0.870. The highest BCUT2D eigenvalue weighted by atomic mass is 35.5. The van der Waals surface area contributed by atoms with Gasteiger partial charge in [0.25, 0.3) is 0 Å². The van der Waals surface area contributed by atoms with Crippen LogP contribution in [0.3, 0.4) is 0 Å². The average molecular weight is 244 g/mol. The third-order valence-electron chi connectivity index (χ3n) is 2.43. The monoisotopic (exact) mass is 243 g/mol. The molecule has 1 rings (SSSR count). The van der Waals surface area contributed by atoms with E-state index in [0.29, 0.717) is 17.5 Å². The summed E-state index contributed by atoms with van der Waals surface area (Å²) in [5.74, 6) is 1.43. The smallest absolute Gasteiger partial charge is 0.137 e. The predicted molar refractivity (Wildman–Crippen MR) is 66.1 cm³/mol. The first-order chi connectivity index (χ1) is 7.35. The lowest BCUT2D eigenvalue weighted by Gasteiger charge is -2.24. The van der Waals surface area contributed by atoms with Gasteiger partial charge in [-0.25, -0.2) is 9.97 Å². The second kappa shape index (κ2) is 4.97. The summed E-state index contributed by atoms with van der Waals surface area (Å²) in [5, 5.41) is 3.72. The maximum absolute atomic E-state index is 5.98. The number of nitrogens with zero attached hydrogens (tertiary/aromatic N) is 2. The maximum Gasteiger partial charge on any atom is 0.137 e. The van der Waals surface area contributed by atoms with Crippen molar-refractivity contribution in [2.45, 2.75) is 33.3 Å². The summed E-state index contributed by atoms with van der Waals surface area (Å²) < 4.78 is 5.32. The largest absolute Gasteiger partial charge is 0.377 e. The molecule has 0 spiro atoms. The summed E-state index contributed by atoms with van der Waals surface area (Å²) in [6, 6.07) is 0. The van der Waals surface area contributed by atoms with Crippen molar-refractivity contribution in [3.63, 3.8) is 0 Å². The Morgan fingerprint density at radius 2 is 1.94 bits per heavy atom. The first-order valence-electron chi connectivity index (χ1n) is 5.15. The van der Waals surface area contributed by atoms with Crippen LogP contribution in [0.1, 0.15) is 25.2 Å². The summed E-state index contributed by atoms with van der Waals surface area (Å²) in [6.07, 6.45) is 0. The van der Waals surface area contributed by atoms with Crippen molar-refractivity contribution >= 4 is 17.4 Å². The van der Waals surface area contributed by atoms with Crippen LogP contribution in [0.25, 0.3) is 0 Å². The van der Waals surface area contributed by atoms with E-state index in [1.807, 2.05) is 27.7 Å². The van der Waals surface area contributed by atoms with Crippen molar-refractivity contribution < 1.29 is 4.74 Å². The normalized spacial score (nSPS) is 11.6. The SMILES string of the molecule is COC(C)(C)CNc1nc(C)nc(Cl)c1C. The molecule has 4 nitrogen and oxygen atoms in total. The van der Waals surface area contributed by atoms with Gasteiger partial charge in [0.2, 0.25) is 0 Å². The molecule has 0 fully saturated rings. The molecule has 0 atom stereocenters. The summed E-state index contributed by atoms with van der Waals surface area (Å²) in [4.78, 5) is 8.39. The molecule has 0 aromatic carbocycles.